The highest BCUT2D eigenvalue weighted by molar-refractivity contribution is 8.00. The number of benzene rings is 1. The van der Waals surface area contributed by atoms with E-state index in [4.69, 9.17) is 16.7 Å². The Morgan fingerprint density at radius 2 is 2.05 bits per heavy atom. The molecule has 0 aliphatic heterocycles. The molecule has 19 heavy (non-hydrogen) atoms. The molecule has 1 fully saturated rings. The molecule has 6 heteroatoms. The van der Waals surface area contributed by atoms with Gasteiger partial charge in [0.05, 0.1) is 10.8 Å². The molecule has 0 unspecified atom stereocenters. The fourth-order valence-electron chi connectivity index (χ4n) is 1.93. The van der Waals surface area contributed by atoms with Crippen LogP contribution in [0.5, 0.6) is 0 Å². The first kappa shape index (κ1) is 14.2. The van der Waals surface area contributed by atoms with Gasteiger partial charge in [-0.3, -0.25) is 4.79 Å². The lowest BCUT2D eigenvalue weighted by molar-refractivity contribution is -0.151. The van der Waals surface area contributed by atoms with Crippen LogP contribution in [-0.4, -0.2) is 28.3 Å². The molecule has 0 radical (unpaired) electrons. The van der Waals surface area contributed by atoms with E-state index in [1.54, 1.807) is 6.07 Å². The number of carbonyl (C=O) groups is 2. The maximum atomic E-state index is 11.8. The molecule has 2 N–H and O–H groups in total. The highest BCUT2D eigenvalue weighted by atomic mass is 35.5. The monoisotopic (exact) mass is 299 g/mol. The predicted octanol–water partition coefficient (Wildman–Crippen LogP) is 2.56. The van der Waals surface area contributed by atoms with Crippen LogP contribution in [0.25, 0.3) is 0 Å². The van der Waals surface area contributed by atoms with E-state index in [0.29, 0.717) is 17.9 Å². The van der Waals surface area contributed by atoms with Crippen molar-refractivity contribution >= 4 is 35.2 Å². The average Bonchev–Trinajstić information content (AvgIpc) is 2.32. The summed E-state index contributed by atoms with van der Waals surface area (Å²) in [7, 11) is 0. The van der Waals surface area contributed by atoms with Crippen molar-refractivity contribution in [1.82, 2.24) is 5.32 Å². The summed E-state index contributed by atoms with van der Waals surface area (Å²) in [6.07, 6.45) is 1.85. The van der Waals surface area contributed by atoms with Gasteiger partial charge in [0, 0.05) is 4.90 Å². The summed E-state index contributed by atoms with van der Waals surface area (Å²) in [6.45, 7) is 0. The summed E-state index contributed by atoms with van der Waals surface area (Å²) < 4.78 is 0. The molecule has 2 rings (SSSR count). The van der Waals surface area contributed by atoms with Crippen LogP contribution in [0.1, 0.15) is 19.3 Å². The van der Waals surface area contributed by atoms with Crippen molar-refractivity contribution in [3.8, 4) is 0 Å². The van der Waals surface area contributed by atoms with Gasteiger partial charge in [0.25, 0.3) is 0 Å². The van der Waals surface area contributed by atoms with E-state index >= 15 is 0 Å². The third kappa shape index (κ3) is 3.22. The van der Waals surface area contributed by atoms with E-state index in [-0.39, 0.29) is 11.7 Å². The number of rotatable bonds is 5. The standard InChI is InChI=1S/C13H14ClNO3S/c14-9-4-1-2-5-10(9)19-8-11(16)15-13(12(17)18)6-3-7-13/h1-2,4-5H,3,6-8H2,(H,15,16)(H,17,18). The summed E-state index contributed by atoms with van der Waals surface area (Å²) in [5, 5.41) is 12.3. The Balaban J connectivity index is 1.89. The molecule has 1 aliphatic rings. The number of halogens is 1. The van der Waals surface area contributed by atoms with E-state index in [1.807, 2.05) is 18.2 Å². The first-order valence-electron chi connectivity index (χ1n) is 5.95. The molecule has 0 spiro atoms. The van der Waals surface area contributed by atoms with Crippen LogP contribution in [0.2, 0.25) is 5.02 Å². The molecule has 0 saturated heterocycles. The summed E-state index contributed by atoms with van der Waals surface area (Å²) >= 11 is 7.29. The molecule has 102 valence electrons. The molecule has 1 amide bonds. The van der Waals surface area contributed by atoms with Crippen molar-refractivity contribution in [2.24, 2.45) is 0 Å². The van der Waals surface area contributed by atoms with Crippen LogP contribution >= 0.6 is 23.4 Å². The molecule has 0 heterocycles. The number of nitrogens with one attached hydrogen (secondary N) is 1. The second-order valence-corrected chi connectivity index (χ2v) is 5.93. The normalized spacial score (nSPS) is 16.5. The van der Waals surface area contributed by atoms with E-state index in [9.17, 15) is 9.59 Å². The third-order valence-corrected chi connectivity index (χ3v) is 4.71. The number of carboxylic acid groups (broad SMARTS) is 1. The van der Waals surface area contributed by atoms with E-state index in [2.05, 4.69) is 5.32 Å². The number of aliphatic carboxylic acids is 1. The van der Waals surface area contributed by atoms with Crippen molar-refractivity contribution < 1.29 is 14.7 Å². The minimum absolute atomic E-state index is 0.165. The number of thioether (sulfide) groups is 1. The van der Waals surface area contributed by atoms with Crippen molar-refractivity contribution in [3.05, 3.63) is 29.3 Å². The quantitative estimate of drug-likeness (QED) is 0.820. The van der Waals surface area contributed by atoms with Crippen molar-refractivity contribution in [2.75, 3.05) is 5.75 Å². The Morgan fingerprint density at radius 1 is 1.37 bits per heavy atom. The van der Waals surface area contributed by atoms with Crippen molar-refractivity contribution in [1.29, 1.82) is 0 Å². The van der Waals surface area contributed by atoms with Crippen LogP contribution in [-0.2, 0) is 9.59 Å². The molecule has 1 aromatic rings. The Bertz CT molecular complexity index is 502. The van der Waals surface area contributed by atoms with Crippen LogP contribution in [0.3, 0.4) is 0 Å². The van der Waals surface area contributed by atoms with Crippen LogP contribution in [0, 0.1) is 0 Å². The van der Waals surface area contributed by atoms with Crippen molar-refractivity contribution in [2.45, 2.75) is 29.7 Å². The smallest absolute Gasteiger partial charge is 0.329 e. The Hall–Kier alpha value is -1.20. The molecular weight excluding hydrogens is 286 g/mol. The maximum absolute atomic E-state index is 11.8. The lowest BCUT2D eigenvalue weighted by Gasteiger charge is -2.38. The summed E-state index contributed by atoms with van der Waals surface area (Å²) in [5.74, 6) is -1.06. The van der Waals surface area contributed by atoms with Gasteiger partial charge in [-0.1, -0.05) is 23.7 Å². The highest BCUT2D eigenvalue weighted by Crippen LogP contribution is 2.32. The Labute approximate surface area is 120 Å². The molecule has 1 saturated carbocycles. The number of carbonyl (C=O) groups excluding carboxylic acids is 1. The molecule has 1 aliphatic carbocycles. The lowest BCUT2D eigenvalue weighted by Crippen LogP contribution is -2.59. The van der Waals surface area contributed by atoms with Gasteiger partial charge in [0.1, 0.15) is 5.54 Å². The largest absolute Gasteiger partial charge is 0.480 e. The summed E-state index contributed by atoms with van der Waals surface area (Å²) in [4.78, 5) is 23.7. The number of hydrogen-bond acceptors (Lipinski definition) is 3. The van der Waals surface area contributed by atoms with Crippen LogP contribution in [0.4, 0.5) is 0 Å². The van der Waals surface area contributed by atoms with E-state index < -0.39 is 11.5 Å². The zero-order valence-corrected chi connectivity index (χ0v) is 11.8. The fraction of sp³-hybridized carbons (Fsp3) is 0.385. The van der Waals surface area contributed by atoms with Gasteiger partial charge in [-0.05, 0) is 31.4 Å². The number of hydrogen-bond donors (Lipinski definition) is 2. The molecule has 0 atom stereocenters. The minimum atomic E-state index is -1.04. The maximum Gasteiger partial charge on any atom is 0.329 e. The highest BCUT2D eigenvalue weighted by Gasteiger charge is 2.45. The predicted molar refractivity (Wildman–Crippen MR) is 74.5 cm³/mol. The minimum Gasteiger partial charge on any atom is -0.480 e. The Morgan fingerprint density at radius 3 is 2.58 bits per heavy atom. The number of carboxylic acids is 1. The van der Waals surface area contributed by atoms with Crippen molar-refractivity contribution in [3.63, 3.8) is 0 Å². The summed E-state index contributed by atoms with van der Waals surface area (Å²) in [5.41, 5.74) is -1.04. The average molecular weight is 300 g/mol. The third-order valence-electron chi connectivity index (χ3n) is 3.19. The fourth-order valence-corrected chi connectivity index (χ4v) is 2.97. The zero-order chi connectivity index (χ0) is 13.9. The molecular formula is C13H14ClNO3S. The van der Waals surface area contributed by atoms with Gasteiger partial charge >= 0.3 is 5.97 Å². The molecule has 1 aromatic carbocycles. The molecule has 4 nitrogen and oxygen atoms in total. The van der Waals surface area contributed by atoms with Gasteiger partial charge in [-0.15, -0.1) is 11.8 Å². The lowest BCUT2D eigenvalue weighted by atomic mass is 9.77. The summed E-state index contributed by atoms with van der Waals surface area (Å²) in [6, 6.07) is 7.25. The second kappa shape index (κ2) is 5.84. The van der Waals surface area contributed by atoms with Gasteiger partial charge in [-0.25, -0.2) is 4.79 Å². The van der Waals surface area contributed by atoms with Gasteiger partial charge in [0.15, 0.2) is 0 Å². The van der Waals surface area contributed by atoms with Gasteiger partial charge < -0.3 is 10.4 Å². The van der Waals surface area contributed by atoms with E-state index in [0.717, 1.165) is 11.3 Å². The van der Waals surface area contributed by atoms with Crippen LogP contribution < -0.4 is 5.32 Å². The zero-order valence-electron chi connectivity index (χ0n) is 10.2. The number of amides is 1. The Kier molecular flexibility index (Phi) is 4.37. The second-order valence-electron chi connectivity index (χ2n) is 4.51. The first-order chi connectivity index (χ1) is 9.03. The van der Waals surface area contributed by atoms with Crippen LogP contribution in [0.15, 0.2) is 29.2 Å². The van der Waals surface area contributed by atoms with Gasteiger partial charge in [-0.2, -0.15) is 0 Å². The molecule has 0 bridgehead atoms. The van der Waals surface area contributed by atoms with Gasteiger partial charge in [0.2, 0.25) is 5.91 Å². The molecule has 0 aromatic heterocycles. The van der Waals surface area contributed by atoms with E-state index in [1.165, 1.54) is 11.8 Å². The topological polar surface area (TPSA) is 66.4 Å². The first-order valence-corrected chi connectivity index (χ1v) is 7.32. The SMILES string of the molecule is O=C(CSc1ccccc1Cl)NC1(C(=O)O)CCC1.